The number of ether oxygens (including phenoxy) is 5. The Hall–Kier alpha value is -1.85. The molecule has 3 aliphatic rings. The van der Waals surface area contributed by atoms with E-state index in [1.54, 1.807) is 11.8 Å². The zero-order valence-corrected chi connectivity index (χ0v) is 18.5. The minimum Gasteiger partial charge on any atom is -0.368 e. The summed E-state index contributed by atoms with van der Waals surface area (Å²) in [6.45, 7) is 4.61. The Morgan fingerprint density at radius 3 is 2.71 bits per heavy atom. The van der Waals surface area contributed by atoms with Crippen molar-refractivity contribution in [2.45, 2.75) is 61.8 Å². The first-order valence-corrected chi connectivity index (χ1v) is 11.6. The molecule has 5 nitrogen and oxygen atoms in total. The first-order valence-electron chi connectivity index (χ1n) is 10.6. The summed E-state index contributed by atoms with van der Waals surface area (Å²) in [6.07, 6.45) is -1.59. The van der Waals surface area contributed by atoms with Gasteiger partial charge < -0.3 is 23.7 Å². The molecule has 2 aromatic rings. The predicted octanol–water partition coefficient (Wildman–Crippen LogP) is 3.99. The van der Waals surface area contributed by atoms with Crippen LogP contribution in [-0.2, 0) is 30.3 Å². The van der Waals surface area contributed by atoms with Crippen molar-refractivity contribution in [3.8, 4) is 11.8 Å². The predicted molar refractivity (Wildman–Crippen MR) is 118 cm³/mol. The molecule has 0 bridgehead atoms. The van der Waals surface area contributed by atoms with Gasteiger partial charge in [-0.25, -0.2) is 0 Å². The Kier molecular flexibility index (Phi) is 6.07. The molecule has 2 fully saturated rings. The van der Waals surface area contributed by atoms with Crippen molar-refractivity contribution in [2.24, 2.45) is 0 Å². The molecule has 0 radical (unpaired) electrons. The monoisotopic (exact) mass is 438 g/mol. The van der Waals surface area contributed by atoms with Crippen LogP contribution in [-0.4, -0.2) is 48.9 Å². The number of thioether (sulfide) groups is 1. The van der Waals surface area contributed by atoms with E-state index in [-0.39, 0.29) is 24.4 Å². The molecule has 0 saturated carbocycles. The molecular formula is C25H26O5S. The molecule has 5 rings (SSSR count). The number of rotatable bonds is 4. The smallest absolute Gasteiger partial charge is 0.190 e. The van der Waals surface area contributed by atoms with Crippen LogP contribution in [0, 0.1) is 11.8 Å². The summed E-state index contributed by atoms with van der Waals surface area (Å²) in [5.74, 6) is 6.36. The number of fused-ring (bicyclic) bond motifs is 2. The van der Waals surface area contributed by atoms with E-state index in [9.17, 15) is 0 Å². The van der Waals surface area contributed by atoms with Gasteiger partial charge in [-0.15, -0.1) is 11.8 Å². The summed E-state index contributed by atoms with van der Waals surface area (Å²) in [6, 6.07) is 18.3. The van der Waals surface area contributed by atoms with Crippen molar-refractivity contribution in [1.29, 1.82) is 0 Å². The van der Waals surface area contributed by atoms with Crippen LogP contribution in [0.3, 0.4) is 0 Å². The zero-order valence-electron chi connectivity index (χ0n) is 17.7. The van der Waals surface area contributed by atoms with Gasteiger partial charge in [0.05, 0.1) is 12.7 Å². The number of hydrogen-bond acceptors (Lipinski definition) is 6. The van der Waals surface area contributed by atoms with E-state index in [2.05, 4.69) is 30.0 Å². The molecule has 31 heavy (non-hydrogen) atoms. The topological polar surface area (TPSA) is 46.2 Å². The maximum atomic E-state index is 6.38. The van der Waals surface area contributed by atoms with Crippen molar-refractivity contribution in [3.05, 3.63) is 65.7 Å². The van der Waals surface area contributed by atoms with Crippen LogP contribution < -0.4 is 0 Å². The van der Waals surface area contributed by atoms with Gasteiger partial charge in [0.2, 0.25) is 0 Å². The first-order chi connectivity index (χ1) is 15.1. The quantitative estimate of drug-likeness (QED) is 0.673. The molecule has 6 heteroatoms. The Morgan fingerprint density at radius 1 is 1.03 bits per heavy atom. The third-order valence-corrected chi connectivity index (χ3v) is 6.72. The fraction of sp³-hybridized carbons (Fsp3) is 0.440. The molecule has 0 spiro atoms. The van der Waals surface area contributed by atoms with Crippen LogP contribution >= 0.6 is 11.8 Å². The molecule has 0 N–H and O–H groups in total. The minimum absolute atomic E-state index is 0.202. The Labute approximate surface area is 187 Å². The lowest BCUT2D eigenvalue weighted by atomic mass is 10.1. The molecule has 5 atom stereocenters. The molecule has 0 aromatic heterocycles. The number of benzene rings is 2. The standard InChI is InChI=1S/C25H26O5S/c1-25(2)29-23-22(27-15-17-9-4-3-5-10-17)21(28-24(23)30-25)19-16-31-20-13-7-6-11-18(20)12-8-14-26-19/h3-7,9-11,13,19,21-24H,14-16H2,1-2H3/t19-,21-,22+,23-,24-/m1/s1. The fourth-order valence-electron chi connectivity index (χ4n) is 4.15. The highest BCUT2D eigenvalue weighted by molar-refractivity contribution is 7.99. The van der Waals surface area contributed by atoms with Gasteiger partial charge in [0.15, 0.2) is 12.1 Å². The van der Waals surface area contributed by atoms with Crippen LogP contribution in [0.25, 0.3) is 0 Å². The molecular weight excluding hydrogens is 412 g/mol. The van der Waals surface area contributed by atoms with Gasteiger partial charge >= 0.3 is 0 Å². The highest BCUT2D eigenvalue weighted by Gasteiger charge is 2.57. The second-order valence-electron chi connectivity index (χ2n) is 8.29. The molecule has 0 amide bonds. The Bertz CT molecular complexity index is 967. The fourth-order valence-corrected chi connectivity index (χ4v) is 5.22. The van der Waals surface area contributed by atoms with Crippen molar-refractivity contribution >= 4 is 11.8 Å². The van der Waals surface area contributed by atoms with Gasteiger partial charge in [-0.05, 0) is 31.5 Å². The maximum absolute atomic E-state index is 6.38. The van der Waals surface area contributed by atoms with E-state index in [4.69, 9.17) is 23.7 Å². The second kappa shape index (κ2) is 8.95. The lowest BCUT2D eigenvalue weighted by molar-refractivity contribution is -0.231. The maximum Gasteiger partial charge on any atom is 0.190 e. The van der Waals surface area contributed by atoms with Gasteiger partial charge in [-0.3, -0.25) is 0 Å². The van der Waals surface area contributed by atoms with Crippen LogP contribution in [0.5, 0.6) is 0 Å². The Balaban J connectivity index is 1.35. The highest BCUT2D eigenvalue weighted by Crippen LogP contribution is 2.41. The van der Waals surface area contributed by atoms with Crippen molar-refractivity contribution in [2.75, 3.05) is 12.4 Å². The third-order valence-electron chi connectivity index (χ3n) is 5.56. The summed E-state index contributed by atoms with van der Waals surface area (Å²) < 4.78 is 31.0. The van der Waals surface area contributed by atoms with E-state index in [0.29, 0.717) is 13.2 Å². The molecule has 0 unspecified atom stereocenters. The summed E-state index contributed by atoms with van der Waals surface area (Å²) in [4.78, 5) is 1.15. The molecule has 3 aliphatic heterocycles. The minimum atomic E-state index is -0.701. The second-order valence-corrected chi connectivity index (χ2v) is 9.35. The van der Waals surface area contributed by atoms with E-state index in [1.807, 2.05) is 50.2 Å². The van der Waals surface area contributed by atoms with Gasteiger partial charge in [-0.2, -0.15) is 0 Å². The van der Waals surface area contributed by atoms with Gasteiger partial charge in [0, 0.05) is 16.2 Å². The lowest BCUT2D eigenvalue weighted by Crippen LogP contribution is -2.44. The van der Waals surface area contributed by atoms with Crippen LogP contribution in [0.4, 0.5) is 0 Å². The summed E-state index contributed by atoms with van der Waals surface area (Å²) >= 11 is 1.73. The summed E-state index contributed by atoms with van der Waals surface area (Å²) in [7, 11) is 0. The van der Waals surface area contributed by atoms with Crippen LogP contribution in [0.2, 0.25) is 0 Å². The van der Waals surface area contributed by atoms with E-state index >= 15 is 0 Å². The van der Waals surface area contributed by atoms with E-state index < -0.39 is 12.1 Å². The van der Waals surface area contributed by atoms with Crippen molar-refractivity contribution in [3.63, 3.8) is 0 Å². The average molecular weight is 439 g/mol. The lowest BCUT2D eigenvalue weighted by Gasteiger charge is -2.30. The molecule has 162 valence electrons. The molecule has 0 aliphatic carbocycles. The normalized spacial score (nSPS) is 31.5. The molecule has 2 saturated heterocycles. The Morgan fingerprint density at radius 2 is 1.84 bits per heavy atom. The third kappa shape index (κ3) is 4.68. The zero-order chi connectivity index (χ0) is 21.3. The number of hydrogen-bond donors (Lipinski definition) is 0. The van der Waals surface area contributed by atoms with Gasteiger partial charge in [0.25, 0.3) is 0 Å². The average Bonchev–Trinajstić information content (AvgIpc) is 3.27. The van der Waals surface area contributed by atoms with Crippen molar-refractivity contribution in [1.82, 2.24) is 0 Å². The largest absolute Gasteiger partial charge is 0.368 e. The van der Waals surface area contributed by atoms with E-state index in [1.165, 1.54) is 0 Å². The first kappa shape index (κ1) is 21.0. The SMILES string of the molecule is CC1(C)O[C@H]2O[C@H]([C@H]3CSc4ccccc4C#CCO3)[C@H](OCc3ccccc3)[C@H]2O1. The highest BCUT2D eigenvalue weighted by atomic mass is 32.2. The van der Waals surface area contributed by atoms with Gasteiger partial charge in [0.1, 0.15) is 24.9 Å². The van der Waals surface area contributed by atoms with Crippen LogP contribution in [0.15, 0.2) is 59.5 Å². The van der Waals surface area contributed by atoms with E-state index in [0.717, 1.165) is 21.8 Å². The summed E-state index contributed by atoms with van der Waals surface area (Å²) in [5, 5.41) is 0. The van der Waals surface area contributed by atoms with Gasteiger partial charge in [-0.1, -0.05) is 54.3 Å². The van der Waals surface area contributed by atoms with Crippen LogP contribution in [0.1, 0.15) is 25.0 Å². The molecule has 3 heterocycles. The van der Waals surface area contributed by atoms with Crippen molar-refractivity contribution < 1.29 is 23.7 Å². The molecule has 2 aromatic carbocycles. The summed E-state index contributed by atoms with van der Waals surface area (Å²) in [5.41, 5.74) is 2.14.